The van der Waals surface area contributed by atoms with Gasteiger partial charge in [-0.25, -0.2) is 4.90 Å². The van der Waals surface area contributed by atoms with Gasteiger partial charge >= 0.3 is 0 Å². The number of furan rings is 1. The zero-order valence-corrected chi connectivity index (χ0v) is 17.1. The monoisotopic (exact) mass is 431 g/mol. The van der Waals surface area contributed by atoms with Crippen LogP contribution in [-0.4, -0.2) is 18.9 Å². The van der Waals surface area contributed by atoms with Gasteiger partial charge < -0.3 is 9.15 Å². The number of imide groups is 1. The van der Waals surface area contributed by atoms with Crippen molar-refractivity contribution in [2.24, 2.45) is 0 Å². The maximum absolute atomic E-state index is 13.3. The lowest BCUT2D eigenvalue weighted by Crippen LogP contribution is -2.31. The number of thioether (sulfide) groups is 1. The van der Waals surface area contributed by atoms with Crippen molar-refractivity contribution in [3.8, 4) is 5.75 Å². The zero-order chi connectivity index (χ0) is 19.7. The van der Waals surface area contributed by atoms with E-state index in [0.717, 1.165) is 15.5 Å². The van der Waals surface area contributed by atoms with E-state index in [1.54, 1.807) is 30.5 Å². The summed E-state index contributed by atoms with van der Waals surface area (Å²) >= 11 is 8.81. The average Bonchev–Trinajstić information content (AvgIpc) is 3.42. The van der Waals surface area contributed by atoms with E-state index in [2.05, 4.69) is 0 Å². The molecular weight excluding hydrogens is 418 g/mol. The Kier molecular flexibility index (Phi) is 5.30. The van der Waals surface area contributed by atoms with Crippen molar-refractivity contribution < 1.29 is 18.7 Å². The predicted molar refractivity (Wildman–Crippen MR) is 112 cm³/mol. The number of thiophene rings is 1. The van der Waals surface area contributed by atoms with Gasteiger partial charge in [-0.05, 0) is 41.8 Å². The van der Waals surface area contributed by atoms with Crippen LogP contribution < -0.4 is 9.64 Å². The van der Waals surface area contributed by atoms with Crippen LogP contribution in [0, 0.1) is 0 Å². The molecule has 1 aliphatic rings. The summed E-state index contributed by atoms with van der Waals surface area (Å²) < 4.78 is 10.7. The second-order valence-corrected chi connectivity index (χ2v) is 8.18. The molecule has 0 N–H and O–H groups in total. The molecule has 28 heavy (non-hydrogen) atoms. The molecule has 2 amide bonds. The molecule has 5 nitrogen and oxygen atoms in total. The number of hydrogen-bond donors (Lipinski definition) is 0. The highest BCUT2D eigenvalue weighted by Crippen LogP contribution is 2.43. The number of amides is 2. The van der Waals surface area contributed by atoms with Crippen LogP contribution in [0.2, 0.25) is 5.02 Å². The molecule has 3 aromatic rings. The Morgan fingerprint density at radius 3 is 2.71 bits per heavy atom. The second-order valence-electron chi connectivity index (χ2n) is 5.81. The van der Waals surface area contributed by atoms with Crippen LogP contribution in [-0.2, 0) is 15.3 Å². The average molecular weight is 432 g/mol. The van der Waals surface area contributed by atoms with Gasteiger partial charge in [-0.3, -0.25) is 9.59 Å². The summed E-state index contributed by atoms with van der Waals surface area (Å²) in [7, 11) is 1.48. The molecule has 3 heterocycles. The summed E-state index contributed by atoms with van der Waals surface area (Å²) in [6.07, 6.45) is 1.58. The number of rotatable bonds is 6. The van der Waals surface area contributed by atoms with Crippen LogP contribution in [0.1, 0.15) is 10.6 Å². The predicted octanol–water partition coefficient (Wildman–Crippen LogP) is 5.22. The van der Waals surface area contributed by atoms with E-state index in [1.165, 1.54) is 30.2 Å². The fourth-order valence-corrected chi connectivity index (χ4v) is 4.88. The summed E-state index contributed by atoms with van der Waals surface area (Å²) in [5, 5.41) is 2.28. The number of ether oxygens (including phenoxy) is 1. The molecule has 0 unspecified atom stereocenters. The first-order chi connectivity index (χ1) is 13.6. The Morgan fingerprint density at radius 2 is 2.04 bits per heavy atom. The number of methoxy groups -OCH3 is 1. The van der Waals surface area contributed by atoms with Crippen LogP contribution in [0.4, 0.5) is 5.69 Å². The summed E-state index contributed by atoms with van der Waals surface area (Å²) in [5.41, 5.74) is 0.714. The second kappa shape index (κ2) is 7.87. The number of anilines is 1. The van der Waals surface area contributed by atoms with Crippen molar-refractivity contribution in [1.82, 2.24) is 0 Å². The SMILES string of the molecule is COc1ccc(Cl)cc1N1C(=O)C(SCc2ccco2)=C(c2cccs2)C1=O. The number of benzene rings is 1. The molecule has 4 rings (SSSR count). The normalized spacial score (nSPS) is 14.3. The van der Waals surface area contributed by atoms with Gasteiger partial charge in [0.1, 0.15) is 11.5 Å². The molecule has 0 aliphatic carbocycles. The van der Waals surface area contributed by atoms with Crippen molar-refractivity contribution in [3.63, 3.8) is 0 Å². The van der Waals surface area contributed by atoms with Crippen LogP contribution in [0.5, 0.6) is 5.75 Å². The quantitative estimate of drug-likeness (QED) is 0.501. The van der Waals surface area contributed by atoms with Crippen molar-refractivity contribution in [3.05, 3.63) is 74.7 Å². The number of carbonyl (C=O) groups excluding carboxylic acids is 2. The first kappa shape index (κ1) is 18.9. The minimum Gasteiger partial charge on any atom is -0.495 e. The van der Waals surface area contributed by atoms with E-state index in [-0.39, 0.29) is 0 Å². The molecule has 0 radical (unpaired) electrons. The molecule has 0 saturated carbocycles. The lowest BCUT2D eigenvalue weighted by atomic mass is 10.2. The highest BCUT2D eigenvalue weighted by Gasteiger charge is 2.41. The van der Waals surface area contributed by atoms with E-state index in [4.69, 9.17) is 20.8 Å². The van der Waals surface area contributed by atoms with Gasteiger partial charge in [0, 0.05) is 9.90 Å². The van der Waals surface area contributed by atoms with Gasteiger partial charge in [0.15, 0.2) is 0 Å². The lowest BCUT2D eigenvalue weighted by molar-refractivity contribution is -0.119. The molecule has 1 aliphatic heterocycles. The molecule has 0 atom stereocenters. The molecule has 0 spiro atoms. The molecule has 0 bridgehead atoms. The summed E-state index contributed by atoms with van der Waals surface area (Å²) in [6.45, 7) is 0. The number of halogens is 1. The summed E-state index contributed by atoms with van der Waals surface area (Å²) in [4.78, 5) is 28.8. The van der Waals surface area contributed by atoms with E-state index in [0.29, 0.717) is 32.7 Å². The molecule has 0 fully saturated rings. The Morgan fingerprint density at radius 1 is 1.18 bits per heavy atom. The third-order valence-electron chi connectivity index (χ3n) is 4.13. The summed E-state index contributed by atoms with van der Waals surface area (Å²) in [6, 6.07) is 12.1. The molecule has 2 aromatic heterocycles. The number of nitrogens with zero attached hydrogens (tertiary/aromatic N) is 1. The van der Waals surface area contributed by atoms with Gasteiger partial charge in [-0.1, -0.05) is 17.7 Å². The highest BCUT2D eigenvalue weighted by atomic mass is 35.5. The van der Waals surface area contributed by atoms with Gasteiger partial charge in [0.25, 0.3) is 11.8 Å². The lowest BCUT2D eigenvalue weighted by Gasteiger charge is -2.18. The van der Waals surface area contributed by atoms with E-state index in [9.17, 15) is 9.59 Å². The Bertz CT molecular complexity index is 1060. The van der Waals surface area contributed by atoms with Crippen molar-refractivity contribution in [1.29, 1.82) is 0 Å². The van der Waals surface area contributed by atoms with Crippen LogP contribution in [0.15, 0.2) is 63.4 Å². The third-order valence-corrected chi connectivity index (χ3v) is 6.35. The highest BCUT2D eigenvalue weighted by molar-refractivity contribution is 8.03. The third kappa shape index (κ3) is 3.37. The molecule has 8 heteroatoms. The van der Waals surface area contributed by atoms with E-state index in [1.807, 2.05) is 23.6 Å². The zero-order valence-electron chi connectivity index (χ0n) is 14.7. The first-order valence-electron chi connectivity index (χ1n) is 8.26. The largest absolute Gasteiger partial charge is 0.495 e. The van der Waals surface area contributed by atoms with Gasteiger partial charge in [-0.2, -0.15) is 0 Å². The Hall–Kier alpha value is -2.48. The maximum Gasteiger partial charge on any atom is 0.272 e. The van der Waals surface area contributed by atoms with Crippen molar-refractivity contribution in [2.45, 2.75) is 5.75 Å². The van der Waals surface area contributed by atoms with E-state index >= 15 is 0 Å². The van der Waals surface area contributed by atoms with Crippen LogP contribution >= 0.6 is 34.7 Å². The minimum absolute atomic E-state index is 0.327. The number of carbonyl (C=O) groups is 2. The minimum atomic E-state index is -0.398. The molecule has 1 aromatic carbocycles. The van der Waals surface area contributed by atoms with Crippen molar-refractivity contribution >= 4 is 57.8 Å². The smallest absolute Gasteiger partial charge is 0.272 e. The summed E-state index contributed by atoms with van der Waals surface area (Å²) in [5.74, 6) is 0.771. The van der Waals surface area contributed by atoms with Gasteiger partial charge in [0.05, 0.1) is 35.3 Å². The van der Waals surface area contributed by atoms with Crippen molar-refractivity contribution in [2.75, 3.05) is 12.0 Å². The number of hydrogen-bond acceptors (Lipinski definition) is 6. The molecule has 142 valence electrons. The fraction of sp³-hybridized carbons (Fsp3) is 0.100. The van der Waals surface area contributed by atoms with Gasteiger partial charge in [-0.15, -0.1) is 23.1 Å². The molecule has 0 saturated heterocycles. The fourth-order valence-electron chi connectivity index (χ4n) is 2.88. The maximum atomic E-state index is 13.3. The van der Waals surface area contributed by atoms with Gasteiger partial charge in [0.2, 0.25) is 0 Å². The van der Waals surface area contributed by atoms with Crippen LogP contribution in [0.25, 0.3) is 5.57 Å². The first-order valence-corrected chi connectivity index (χ1v) is 10.5. The molecular formula is C20H14ClNO4S2. The Labute approximate surface area is 174 Å². The van der Waals surface area contributed by atoms with E-state index < -0.39 is 11.8 Å². The van der Waals surface area contributed by atoms with Crippen LogP contribution in [0.3, 0.4) is 0 Å². The standard InChI is InChI=1S/C20H14ClNO4S2/c1-25-15-7-6-12(21)10-14(15)22-19(23)17(16-5-3-9-27-16)18(20(22)24)28-11-13-4-2-8-26-13/h2-10H,11H2,1H3. The topological polar surface area (TPSA) is 59.8 Å². The Balaban J connectivity index is 1.76.